The summed E-state index contributed by atoms with van der Waals surface area (Å²) >= 11 is 3.69. The van der Waals surface area contributed by atoms with Gasteiger partial charge in [0.05, 0.1) is 22.9 Å². The number of anilines is 1. The van der Waals surface area contributed by atoms with Crippen LogP contribution in [0.3, 0.4) is 0 Å². The highest BCUT2D eigenvalue weighted by molar-refractivity contribution is 8.02. The third-order valence-electron chi connectivity index (χ3n) is 3.90. The number of alkyl halides is 3. The number of thioether (sulfide) groups is 1. The minimum absolute atomic E-state index is 0.0236. The smallest absolute Gasteiger partial charge is 0.369 e. The predicted molar refractivity (Wildman–Crippen MR) is 113 cm³/mol. The zero-order chi connectivity index (χ0) is 22.6. The van der Waals surface area contributed by atoms with Crippen LogP contribution in [-0.2, 0) is 28.6 Å². The van der Waals surface area contributed by atoms with E-state index in [0.29, 0.717) is 32.2 Å². The zero-order valence-corrected chi connectivity index (χ0v) is 18.4. The van der Waals surface area contributed by atoms with E-state index in [1.807, 2.05) is 0 Å². The maximum Gasteiger partial charge on any atom is 0.416 e. The molecule has 0 aliphatic rings. The monoisotopic (exact) mass is 487 g/mol. The third kappa shape index (κ3) is 6.74. The number of hydrogen-bond donors (Lipinski definition) is 2. The second-order valence-electron chi connectivity index (χ2n) is 6.36. The van der Waals surface area contributed by atoms with Crippen molar-refractivity contribution < 1.29 is 22.8 Å². The first kappa shape index (κ1) is 23.2. The Hall–Kier alpha value is -2.51. The molecule has 1 aromatic carbocycles. The normalized spacial score (nSPS) is 12.5. The van der Waals surface area contributed by atoms with E-state index >= 15 is 0 Å². The molecular weight excluding hydrogens is 471 g/mol. The molecule has 164 valence electrons. The quantitative estimate of drug-likeness (QED) is 0.468. The average molecular weight is 488 g/mol. The van der Waals surface area contributed by atoms with Crippen molar-refractivity contribution in [1.29, 1.82) is 0 Å². The number of benzene rings is 1. The number of halogens is 3. The number of carbonyl (C=O) groups excluding carboxylic acids is 2. The van der Waals surface area contributed by atoms with Crippen molar-refractivity contribution >= 4 is 51.4 Å². The molecule has 0 aliphatic carbocycles. The molecule has 3 aromatic rings. The summed E-state index contributed by atoms with van der Waals surface area (Å²) in [6.07, 6.45) is -4.05. The van der Waals surface area contributed by atoms with Crippen LogP contribution < -0.4 is 11.1 Å². The lowest BCUT2D eigenvalue weighted by molar-refractivity contribution is -0.137. The van der Waals surface area contributed by atoms with Gasteiger partial charge in [0.15, 0.2) is 4.34 Å². The number of carbonyl (C=O) groups is 2. The van der Waals surface area contributed by atoms with E-state index in [1.54, 1.807) is 12.3 Å². The Balaban J connectivity index is 1.53. The van der Waals surface area contributed by atoms with Gasteiger partial charge in [0.1, 0.15) is 5.01 Å². The summed E-state index contributed by atoms with van der Waals surface area (Å²) in [6, 6.07) is 4.81. The Morgan fingerprint density at radius 1 is 1.23 bits per heavy atom. The number of nitrogens with zero attached hydrogens (tertiary/aromatic N) is 3. The Morgan fingerprint density at radius 2 is 1.94 bits per heavy atom. The second-order valence-corrected chi connectivity index (χ2v) is 9.87. The largest absolute Gasteiger partial charge is 0.416 e. The van der Waals surface area contributed by atoms with Gasteiger partial charge >= 0.3 is 6.18 Å². The number of amides is 2. The van der Waals surface area contributed by atoms with Crippen LogP contribution in [0.2, 0.25) is 0 Å². The molecule has 3 rings (SSSR count). The van der Waals surface area contributed by atoms with Crippen LogP contribution in [0.5, 0.6) is 0 Å². The molecular formula is C18H16F3N5O2S3. The van der Waals surface area contributed by atoms with E-state index in [9.17, 15) is 22.8 Å². The van der Waals surface area contributed by atoms with Gasteiger partial charge in [-0.15, -0.1) is 21.5 Å². The topological polar surface area (TPSA) is 111 Å². The van der Waals surface area contributed by atoms with Gasteiger partial charge in [-0.25, -0.2) is 4.98 Å². The first-order valence-electron chi connectivity index (χ1n) is 8.79. The summed E-state index contributed by atoms with van der Waals surface area (Å²) in [5.74, 6) is -0.773. The van der Waals surface area contributed by atoms with Gasteiger partial charge in [-0.1, -0.05) is 35.2 Å². The number of thiazole rings is 1. The molecule has 0 spiro atoms. The van der Waals surface area contributed by atoms with Gasteiger partial charge in [-0.05, 0) is 24.6 Å². The van der Waals surface area contributed by atoms with Crippen LogP contribution in [0, 0.1) is 0 Å². The molecule has 0 aliphatic heterocycles. The first-order valence-corrected chi connectivity index (χ1v) is 11.4. The molecule has 2 aromatic heterocycles. The lowest BCUT2D eigenvalue weighted by Gasteiger charge is -2.06. The van der Waals surface area contributed by atoms with Crippen molar-refractivity contribution in [3.63, 3.8) is 0 Å². The highest BCUT2D eigenvalue weighted by Crippen LogP contribution is 2.30. The number of aromatic nitrogens is 3. The molecule has 2 heterocycles. The fraction of sp³-hybridized carbons (Fsp3) is 0.278. The summed E-state index contributed by atoms with van der Waals surface area (Å²) in [7, 11) is 0. The van der Waals surface area contributed by atoms with Crippen molar-refractivity contribution in [1.82, 2.24) is 15.2 Å². The van der Waals surface area contributed by atoms with Gasteiger partial charge in [-0.2, -0.15) is 13.2 Å². The number of primary amides is 1. The molecule has 0 fully saturated rings. The van der Waals surface area contributed by atoms with Gasteiger partial charge in [-0.3, -0.25) is 9.59 Å². The second kappa shape index (κ2) is 9.75. The molecule has 1 atom stereocenters. The van der Waals surface area contributed by atoms with Crippen LogP contribution in [0.25, 0.3) is 0 Å². The van der Waals surface area contributed by atoms with Crippen LogP contribution in [0.15, 0.2) is 34.0 Å². The van der Waals surface area contributed by atoms with Crippen molar-refractivity contribution in [3.05, 3.63) is 51.5 Å². The Bertz CT molecular complexity index is 1070. The van der Waals surface area contributed by atoms with Crippen LogP contribution in [0.1, 0.15) is 28.8 Å². The molecule has 0 radical (unpaired) electrons. The average Bonchev–Trinajstić information content (AvgIpc) is 3.30. The fourth-order valence-corrected chi connectivity index (χ4v) is 5.04. The van der Waals surface area contributed by atoms with Crippen molar-refractivity contribution in [2.75, 3.05) is 5.32 Å². The third-order valence-corrected chi connectivity index (χ3v) is 6.88. The molecule has 3 N–H and O–H groups in total. The van der Waals surface area contributed by atoms with E-state index in [0.717, 1.165) is 23.5 Å². The summed E-state index contributed by atoms with van der Waals surface area (Å²) < 4.78 is 38.5. The van der Waals surface area contributed by atoms with Gasteiger partial charge in [0, 0.05) is 11.8 Å². The van der Waals surface area contributed by atoms with E-state index < -0.39 is 22.9 Å². The number of hydrogen-bond acceptors (Lipinski definition) is 8. The summed E-state index contributed by atoms with van der Waals surface area (Å²) in [6.45, 7) is 1.68. The Kier molecular flexibility index (Phi) is 7.28. The summed E-state index contributed by atoms with van der Waals surface area (Å²) in [4.78, 5) is 27.6. The summed E-state index contributed by atoms with van der Waals surface area (Å²) in [5, 5.41) is 12.7. The van der Waals surface area contributed by atoms with Gasteiger partial charge in [0.2, 0.25) is 16.9 Å². The molecule has 0 saturated carbocycles. The molecule has 1 unspecified atom stereocenters. The minimum atomic E-state index is -4.38. The minimum Gasteiger partial charge on any atom is -0.369 e. The highest BCUT2D eigenvalue weighted by Gasteiger charge is 2.29. The maximum absolute atomic E-state index is 12.6. The molecule has 2 amide bonds. The maximum atomic E-state index is 12.6. The zero-order valence-electron chi connectivity index (χ0n) is 16.0. The molecule has 0 saturated heterocycles. The number of rotatable bonds is 8. The molecule has 7 nitrogen and oxygen atoms in total. The van der Waals surface area contributed by atoms with Crippen molar-refractivity contribution in [2.24, 2.45) is 5.73 Å². The van der Waals surface area contributed by atoms with E-state index in [-0.39, 0.29) is 12.3 Å². The van der Waals surface area contributed by atoms with Gasteiger partial charge < -0.3 is 11.1 Å². The number of nitrogens with one attached hydrogen (secondary N) is 1. The Morgan fingerprint density at radius 3 is 2.58 bits per heavy atom. The van der Waals surface area contributed by atoms with E-state index in [1.165, 1.54) is 35.2 Å². The highest BCUT2D eigenvalue weighted by atomic mass is 32.2. The molecule has 31 heavy (non-hydrogen) atoms. The first-order chi connectivity index (χ1) is 14.6. The van der Waals surface area contributed by atoms with Crippen molar-refractivity contribution in [3.8, 4) is 0 Å². The lowest BCUT2D eigenvalue weighted by atomic mass is 10.1. The van der Waals surface area contributed by atoms with Crippen molar-refractivity contribution in [2.45, 2.75) is 35.5 Å². The fourth-order valence-electron chi connectivity index (χ4n) is 2.32. The van der Waals surface area contributed by atoms with Crippen LogP contribution in [0.4, 0.5) is 18.3 Å². The van der Waals surface area contributed by atoms with Crippen LogP contribution in [-0.4, -0.2) is 32.2 Å². The standard InChI is InChI=1S/C18H16F3N5O2S3/c1-9(15(22)28)30-17-23-12(8-29-17)7-13(27)24-16-26-25-14(31-16)6-10-2-4-11(5-3-10)18(19,20)21/h2-5,8-9H,6-7H2,1H3,(H2,22,28)(H,24,26,27). The lowest BCUT2D eigenvalue weighted by Crippen LogP contribution is -2.22. The molecule has 13 heteroatoms. The van der Waals surface area contributed by atoms with E-state index in [2.05, 4.69) is 20.5 Å². The SMILES string of the molecule is CC(Sc1nc(CC(=O)Nc2nnc(Cc3ccc(C(F)(F)F)cc3)s2)cs1)C(N)=O. The predicted octanol–water partition coefficient (Wildman–Crippen LogP) is 3.75. The molecule has 0 bridgehead atoms. The van der Waals surface area contributed by atoms with E-state index in [4.69, 9.17) is 5.73 Å². The Labute approximate surface area is 187 Å². The number of nitrogens with two attached hydrogens (primary N) is 1. The summed E-state index contributed by atoms with van der Waals surface area (Å²) in [5.41, 5.74) is 5.72. The van der Waals surface area contributed by atoms with Gasteiger partial charge in [0.25, 0.3) is 0 Å². The van der Waals surface area contributed by atoms with Crippen LogP contribution >= 0.6 is 34.4 Å².